The molecule has 1 amide bonds. The number of nitrogen functional groups attached to an aromatic ring is 1. The van der Waals surface area contributed by atoms with Crippen molar-refractivity contribution in [3.05, 3.63) is 59.7 Å². The SMILES string of the molecule is CCc1cccc(NC(=O)c2cccc(N)c2)c1. The lowest BCUT2D eigenvalue weighted by Crippen LogP contribution is -2.12. The van der Waals surface area contributed by atoms with E-state index in [1.54, 1.807) is 24.3 Å². The summed E-state index contributed by atoms with van der Waals surface area (Å²) in [6.45, 7) is 2.08. The van der Waals surface area contributed by atoms with Gasteiger partial charge in [-0.2, -0.15) is 0 Å². The molecule has 0 aliphatic heterocycles. The second kappa shape index (κ2) is 5.36. The van der Waals surface area contributed by atoms with E-state index in [1.807, 2.05) is 24.3 Å². The summed E-state index contributed by atoms with van der Waals surface area (Å²) in [4.78, 5) is 12.0. The summed E-state index contributed by atoms with van der Waals surface area (Å²) in [6, 6.07) is 14.8. The third-order valence-corrected chi connectivity index (χ3v) is 2.74. The molecule has 3 heteroatoms. The minimum Gasteiger partial charge on any atom is -0.399 e. The second-order valence-electron chi connectivity index (χ2n) is 4.13. The fourth-order valence-corrected chi connectivity index (χ4v) is 1.75. The molecular weight excluding hydrogens is 224 g/mol. The fourth-order valence-electron chi connectivity index (χ4n) is 1.75. The maximum absolute atomic E-state index is 12.0. The van der Waals surface area contributed by atoms with Crippen LogP contribution in [0.25, 0.3) is 0 Å². The number of nitrogens with one attached hydrogen (secondary N) is 1. The Hall–Kier alpha value is -2.29. The minimum absolute atomic E-state index is 0.143. The molecule has 0 bridgehead atoms. The van der Waals surface area contributed by atoms with Crippen molar-refractivity contribution in [3.63, 3.8) is 0 Å². The first-order valence-corrected chi connectivity index (χ1v) is 5.95. The molecule has 2 aromatic carbocycles. The molecule has 0 spiro atoms. The summed E-state index contributed by atoms with van der Waals surface area (Å²) in [6.07, 6.45) is 0.946. The van der Waals surface area contributed by atoms with E-state index in [9.17, 15) is 4.79 Å². The maximum atomic E-state index is 12.0. The number of aryl methyl sites for hydroxylation is 1. The summed E-state index contributed by atoms with van der Waals surface area (Å²) < 4.78 is 0. The van der Waals surface area contributed by atoms with Gasteiger partial charge in [0.25, 0.3) is 5.91 Å². The van der Waals surface area contributed by atoms with E-state index < -0.39 is 0 Å². The molecule has 0 aromatic heterocycles. The molecule has 0 saturated carbocycles. The van der Waals surface area contributed by atoms with Crippen LogP contribution in [0.3, 0.4) is 0 Å². The number of carbonyl (C=O) groups is 1. The number of amides is 1. The van der Waals surface area contributed by atoms with Crippen LogP contribution in [0.2, 0.25) is 0 Å². The van der Waals surface area contributed by atoms with Crippen LogP contribution in [0.15, 0.2) is 48.5 Å². The van der Waals surface area contributed by atoms with Gasteiger partial charge < -0.3 is 11.1 Å². The van der Waals surface area contributed by atoms with Crippen LogP contribution in [-0.2, 0) is 6.42 Å². The highest BCUT2D eigenvalue weighted by Crippen LogP contribution is 2.13. The van der Waals surface area contributed by atoms with E-state index in [0.717, 1.165) is 12.1 Å². The molecule has 2 aromatic rings. The summed E-state index contributed by atoms with van der Waals surface area (Å²) in [5.41, 5.74) is 8.81. The molecule has 0 radical (unpaired) electrons. The quantitative estimate of drug-likeness (QED) is 0.810. The van der Waals surface area contributed by atoms with Crippen molar-refractivity contribution in [3.8, 4) is 0 Å². The van der Waals surface area contributed by atoms with Crippen LogP contribution in [0, 0.1) is 0 Å². The standard InChI is InChI=1S/C15H16N2O/c1-2-11-5-3-8-14(9-11)17-15(18)12-6-4-7-13(16)10-12/h3-10H,2,16H2,1H3,(H,17,18). The molecule has 3 nitrogen and oxygen atoms in total. The first-order valence-electron chi connectivity index (χ1n) is 5.95. The average Bonchev–Trinajstić information content (AvgIpc) is 2.39. The van der Waals surface area contributed by atoms with Crippen LogP contribution < -0.4 is 11.1 Å². The normalized spacial score (nSPS) is 10.1. The fraction of sp³-hybridized carbons (Fsp3) is 0.133. The minimum atomic E-state index is -0.143. The lowest BCUT2D eigenvalue weighted by atomic mass is 10.1. The third-order valence-electron chi connectivity index (χ3n) is 2.74. The summed E-state index contributed by atoms with van der Waals surface area (Å²) in [7, 11) is 0. The highest BCUT2D eigenvalue weighted by molar-refractivity contribution is 6.04. The molecule has 0 saturated heterocycles. The van der Waals surface area contributed by atoms with Crippen LogP contribution in [0.1, 0.15) is 22.8 Å². The molecule has 0 fully saturated rings. The van der Waals surface area contributed by atoms with Crippen molar-refractivity contribution < 1.29 is 4.79 Å². The highest BCUT2D eigenvalue weighted by Gasteiger charge is 2.06. The molecule has 0 atom stereocenters. The predicted molar refractivity (Wildman–Crippen MR) is 74.6 cm³/mol. The van der Waals surface area contributed by atoms with Gasteiger partial charge in [0.2, 0.25) is 0 Å². The van der Waals surface area contributed by atoms with Gasteiger partial charge >= 0.3 is 0 Å². The number of hydrogen-bond donors (Lipinski definition) is 2. The van der Waals surface area contributed by atoms with E-state index in [-0.39, 0.29) is 5.91 Å². The lowest BCUT2D eigenvalue weighted by molar-refractivity contribution is 0.102. The van der Waals surface area contributed by atoms with Crippen LogP contribution in [0.5, 0.6) is 0 Å². The zero-order valence-electron chi connectivity index (χ0n) is 10.3. The second-order valence-corrected chi connectivity index (χ2v) is 4.13. The number of rotatable bonds is 3. The van der Waals surface area contributed by atoms with E-state index in [1.165, 1.54) is 5.56 Å². The smallest absolute Gasteiger partial charge is 0.255 e. The van der Waals surface area contributed by atoms with E-state index in [4.69, 9.17) is 5.73 Å². The molecule has 0 aliphatic carbocycles. The van der Waals surface area contributed by atoms with Gasteiger partial charge in [0.05, 0.1) is 0 Å². The Labute approximate surface area is 107 Å². The molecular formula is C15H16N2O. The van der Waals surface area contributed by atoms with E-state index >= 15 is 0 Å². The molecule has 0 unspecified atom stereocenters. The van der Waals surface area contributed by atoms with Crippen LogP contribution in [0.4, 0.5) is 11.4 Å². The van der Waals surface area contributed by atoms with Crippen molar-refractivity contribution >= 4 is 17.3 Å². The first-order chi connectivity index (χ1) is 8.69. The van der Waals surface area contributed by atoms with Gasteiger partial charge in [0.1, 0.15) is 0 Å². The van der Waals surface area contributed by atoms with Gasteiger partial charge in [-0.05, 0) is 42.3 Å². The largest absolute Gasteiger partial charge is 0.399 e. The van der Waals surface area contributed by atoms with Gasteiger partial charge in [-0.15, -0.1) is 0 Å². The Bertz CT molecular complexity index is 564. The Kier molecular flexibility index (Phi) is 3.63. The summed E-state index contributed by atoms with van der Waals surface area (Å²) >= 11 is 0. The first kappa shape index (κ1) is 12.2. The van der Waals surface area contributed by atoms with Gasteiger partial charge in [-0.3, -0.25) is 4.79 Å². The lowest BCUT2D eigenvalue weighted by Gasteiger charge is -2.07. The summed E-state index contributed by atoms with van der Waals surface area (Å²) in [5.74, 6) is -0.143. The van der Waals surface area contributed by atoms with Crippen molar-refractivity contribution in [1.29, 1.82) is 0 Å². The summed E-state index contributed by atoms with van der Waals surface area (Å²) in [5, 5.41) is 2.87. The van der Waals surface area contributed by atoms with Gasteiger partial charge in [-0.25, -0.2) is 0 Å². The zero-order chi connectivity index (χ0) is 13.0. The monoisotopic (exact) mass is 240 g/mol. The van der Waals surface area contributed by atoms with Gasteiger partial charge in [-0.1, -0.05) is 25.1 Å². The predicted octanol–water partition coefficient (Wildman–Crippen LogP) is 3.08. The number of benzene rings is 2. The van der Waals surface area contributed by atoms with Gasteiger partial charge in [0.15, 0.2) is 0 Å². The molecule has 0 aliphatic rings. The maximum Gasteiger partial charge on any atom is 0.255 e. The van der Waals surface area contributed by atoms with E-state index in [2.05, 4.69) is 12.2 Å². The third kappa shape index (κ3) is 2.88. The van der Waals surface area contributed by atoms with Crippen LogP contribution in [-0.4, -0.2) is 5.91 Å². The number of anilines is 2. The van der Waals surface area contributed by atoms with Crippen molar-refractivity contribution in [2.75, 3.05) is 11.1 Å². The Morgan fingerprint density at radius 1 is 1.17 bits per heavy atom. The topological polar surface area (TPSA) is 55.1 Å². The Morgan fingerprint density at radius 2 is 1.94 bits per heavy atom. The highest BCUT2D eigenvalue weighted by atomic mass is 16.1. The number of hydrogen-bond acceptors (Lipinski definition) is 2. The number of carbonyl (C=O) groups excluding carboxylic acids is 1. The Morgan fingerprint density at radius 3 is 2.67 bits per heavy atom. The van der Waals surface area contributed by atoms with Crippen molar-refractivity contribution in [2.24, 2.45) is 0 Å². The molecule has 2 rings (SSSR count). The zero-order valence-corrected chi connectivity index (χ0v) is 10.3. The van der Waals surface area contributed by atoms with Crippen molar-refractivity contribution in [1.82, 2.24) is 0 Å². The van der Waals surface area contributed by atoms with Crippen molar-refractivity contribution in [2.45, 2.75) is 13.3 Å². The molecule has 0 heterocycles. The van der Waals surface area contributed by atoms with Crippen LogP contribution >= 0.6 is 0 Å². The molecule has 3 N–H and O–H groups in total. The number of nitrogens with two attached hydrogens (primary N) is 1. The van der Waals surface area contributed by atoms with E-state index in [0.29, 0.717) is 11.3 Å². The molecule has 92 valence electrons. The van der Waals surface area contributed by atoms with Gasteiger partial charge in [0, 0.05) is 16.9 Å². The Balaban J connectivity index is 2.16. The average molecular weight is 240 g/mol. The molecule has 18 heavy (non-hydrogen) atoms.